The molecule has 23 heavy (non-hydrogen) atoms. The van der Waals surface area contributed by atoms with Gasteiger partial charge < -0.3 is 15.3 Å². The molecule has 0 saturated carbocycles. The Hall–Kier alpha value is -2.11. The standard InChI is InChI=1S/C17H25N3O3/c1-3-4-5-15(21)19-13-10-14(17(22)23)16(18-11-13)20-8-6-12(2)7-9-20/h10-12H,3-9H2,1-2H3,(H,19,21)(H,22,23). The van der Waals surface area contributed by atoms with Gasteiger partial charge >= 0.3 is 5.97 Å². The second-order valence-corrected chi connectivity index (χ2v) is 6.22. The predicted octanol–water partition coefficient (Wildman–Crippen LogP) is 3.14. The fourth-order valence-corrected chi connectivity index (χ4v) is 2.72. The van der Waals surface area contributed by atoms with Gasteiger partial charge in [0.2, 0.25) is 5.91 Å². The van der Waals surface area contributed by atoms with Crippen LogP contribution in [0.3, 0.4) is 0 Å². The van der Waals surface area contributed by atoms with E-state index in [0.29, 0.717) is 23.8 Å². The SMILES string of the molecule is CCCCC(=O)Nc1cnc(N2CCC(C)CC2)c(C(=O)O)c1. The monoisotopic (exact) mass is 319 g/mol. The molecule has 0 atom stereocenters. The lowest BCUT2D eigenvalue weighted by molar-refractivity contribution is -0.116. The average Bonchev–Trinajstić information content (AvgIpc) is 2.53. The largest absolute Gasteiger partial charge is 0.478 e. The van der Waals surface area contributed by atoms with Gasteiger partial charge in [-0.3, -0.25) is 4.79 Å². The van der Waals surface area contributed by atoms with Gasteiger partial charge in [-0.2, -0.15) is 0 Å². The highest BCUT2D eigenvalue weighted by atomic mass is 16.4. The number of aromatic carboxylic acids is 1. The molecule has 126 valence electrons. The summed E-state index contributed by atoms with van der Waals surface area (Å²) in [5.74, 6) is 0.0351. The van der Waals surface area contributed by atoms with E-state index in [9.17, 15) is 14.7 Å². The molecule has 0 aliphatic carbocycles. The maximum absolute atomic E-state index is 11.8. The number of rotatable bonds is 6. The minimum atomic E-state index is -1.02. The Morgan fingerprint density at radius 2 is 2.09 bits per heavy atom. The van der Waals surface area contributed by atoms with Gasteiger partial charge in [0.15, 0.2) is 0 Å². The third-order valence-electron chi connectivity index (χ3n) is 4.22. The summed E-state index contributed by atoms with van der Waals surface area (Å²) in [6, 6.07) is 1.51. The Kier molecular flexibility index (Phi) is 5.96. The smallest absolute Gasteiger partial charge is 0.339 e. The first-order chi connectivity index (χ1) is 11.0. The lowest BCUT2D eigenvalue weighted by atomic mass is 9.99. The number of carbonyl (C=O) groups is 2. The third-order valence-corrected chi connectivity index (χ3v) is 4.22. The molecule has 2 rings (SSSR count). The molecule has 6 heteroatoms. The van der Waals surface area contributed by atoms with Gasteiger partial charge in [-0.05, 0) is 31.2 Å². The van der Waals surface area contributed by atoms with Crippen molar-refractivity contribution in [2.24, 2.45) is 5.92 Å². The fraction of sp³-hybridized carbons (Fsp3) is 0.588. The zero-order chi connectivity index (χ0) is 16.8. The van der Waals surface area contributed by atoms with Gasteiger partial charge in [0, 0.05) is 19.5 Å². The summed E-state index contributed by atoms with van der Waals surface area (Å²) in [5.41, 5.74) is 0.588. The summed E-state index contributed by atoms with van der Waals surface area (Å²) >= 11 is 0. The van der Waals surface area contributed by atoms with E-state index in [1.165, 1.54) is 6.07 Å². The Morgan fingerprint density at radius 1 is 1.39 bits per heavy atom. The minimum absolute atomic E-state index is 0.107. The lowest BCUT2D eigenvalue weighted by Gasteiger charge is -2.32. The molecule has 0 unspecified atom stereocenters. The number of carboxylic acid groups (broad SMARTS) is 1. The van der Waals surface area contributed by atoms with Crippen molar-refractivity contribution in [1.29, 1.82) is 0 Å². The lowest BCUT2D eigenvalue weighted by Crippen LogP contribution is -2.34. The van der Waals surface area contributed by atoms with Gasteiger partial charge in [-0.15, -0.1) is 0 Å². The molecule has 1 aliphatic heterocycles. The van der Waals surface area contributed by atoms with Gasteiger partial charge in [0.1, 0.15) is 11.4 Å². The summed E-state index contributed by atoms with van der Waals surface area (Å²) in [5, 5.41) is 12.2. The first-order valence-corrected chi connectivity index (χ1v) is 8.29. The first kappa shape index (κ1) is 17.2. The van der Waals surface area contributed by atoms with Crippen LogP contribution in [-0.4, -0.2) is 35.1 Å². The first-order valence-electron chi connectivity index (χ1n) is 8.29. The van der Waals surface area contributed by atoms with E-state index < -0.39 is 5.97 Å². The number of amides is 1. The number of unbranched alkanes of at least 4 members (excludes halogenated alkanes) is 1. The summed E-state index contributed by atoms with van der Waals surface area (Å²) < 4.78 is 0. The van der Waals surface area contributed by atoms with Crippen molar-refractivity contribution < 1.29 is 14.7 Å². The Labute approximate surface area is 136 Å². The quantitative estimate of drug-likeness (QED) is 0.841. The summed E-state index contributed by atoms with van der Waals surface area (Å²) in [6.45, 7) is 5.86. The Balaban J connectivity index is 2.15. The van der Waals surface area contributed by atoms with Crippen LogP contribution in [0.4, 0.5) is 11.5 Å². The molecule has 0 bridgehead atoms. The van der Waals surface area contributed by atoms with Crippen LogP contribution in [0, 0.1) is 5.92 Å². The maximum Gasteiger partial charge on any atom is 0.339 e. The van der Waals surface area contributed by atoms with Crippen LogP contribution in [0.15, 0.2) is 12.3 Å². The molecular formula is C17H25N3O3. The maximum atomic E-state index is 11.8. The third kappa shape index (κ3) is 4.68. The van der Waals surface area contributed by atoms with E-state index in [1.807, 2.05) is 11.8 Å². The second kappa shape index (κ2) is 7.94. The molecule has 0 aromatic carbocycles. The van der Waals surface area contributed by atoms with Crippen molar-refractivity contribution in [3.8, 4) is 0 Å². The summed E-state index contributed by atoms with van der Waals surface area (Å²) in [6.07, 6.45) is 5.81. The number of carboxylic acids is 1. The Morgan fingerprint density at radius 3 is 2.70 bits per heavy atom. The number of hydrogen-bond acceptors (Lipinski definition) is 4. The highest BCUT2D eigenvalue weighted by Gasteiger charge is 2.22. The number of aromatic nitrogens is 1. The van der Waals surface area contributed by atoms with E-state index in [2.05, 4.69) is 17.2 Å². The highest BCUT2D eigenvalue weighted by molar-refractivity contribution is 5.97. The number of carbonyl (C=O) groups excluding carboxylic acids is 1. The zero-order valence-corrected chi connectivity index (χ0v) is 13.8. The second-order valence-electron chi connectivity index (χ2n) is 6.22. The topological polar surface area (TPSA) is 82.5 Å². The van der Waals surface area contributed by atoms with E-state index >= 15 is 0 Å². The van der Waals surface area contributed by atoms with Crippen LogP contribution in [0.25, 0.3) is 0 Å². The molecule has 2 heterocycles. The van der Waals surface area contributed by atoms with Crippen molar-refractivity contribution in [3.63, 3.8) is 0 Å². The molecule has 1 aliphatic rings. The van der Waals surface area contributed by atoms with Crippen molar-refractivity contribution in [3.05, 3.63) is 17.8 Å². The van der Waals surface area contributed by atoms with Crippen LogP contribution in [0.2, 0.25) is 0 Å². The predicted molar refractivity (Wildman–Crippen MR) is 90.0 cm³/mol. The van der Waals surface area contributed by atoms with Crippen molar-refractivity contribution in [2.45, 2.75) is 46.0 Å². The van der Waals surface area contributed by atoms with Gasteiger partial charge in [0.25, 0.3) is 0 Å². The number of nitrogens with one attached hydrogen (secondary N) is 1. The highest BCUT2D eigenvalue weighted by Crippen LogP contribution is 2.26. The molecular weight excluding hydrogens is 294 g/mol. The minimum Gasteiger partial charge on any atom is -0.478 e. The van der Waals surface area contributed by atoms with Gasteiger partial charge in [0.05, 0.1) is 11.9 Å². The summed E-state index contributed by atoms with van der Waals surface area (Å²) in [4.78, 5) is 29.7. The fourth-order valence-electron chi connectivity index (χ4n) is 2.72. The molecule has 1 fully saturated rings. The molecule has 1 aromatic heterocycles. The molecule has 0 radical (unpaired) electrons. The average molecular weight is 319 g/mol. The Bertz CT molecular complexity index is 566. The van der Waals surface area contributed by atoms with Crippen LogP contribution in [0.1, 0.15) is 56.3 Å². The van der Waals surface area contributed by atoms with Crippen molar-refractivity contribution in [1.82, 2.24) is 4.98 Å². The van der Waals surface area contributed by atoms with Crippen LogP contribution < -0.4 is 10.2 Å². The number of piperidine rings is 1. The van der Waals surface area contributed by atoms with E-state index in [0.717, 1.165) is 38.8 Å². The normalized spacial score (nSPS) is 15.5. The number of pyridine rings is 1. The number of hydrogen-bond donors (Lipinski definition) is 2. The molecule has 2 N–H and O–H groups in total. The summed E-state index contributed by atoms with van der Waals surface area (Å²) in [7, 11) is 0. The molecule has 1 aromatic rings. The van der Waals surface area contributed by atoms with Crippen LogP contribution in [-0.2, 0) is 4.79 Å². The van der Waals surface area contributed by atoms with Gasteiger partial charge in [-0.25, -0.2) is 9.78 Å². The van der Waals surface area contributed by atoms with E-state index in [4.69, 9.17) is 0 Å². The number of nitrogens with zero attached hydrogens (tertiary/aromatic N) is 2. The van der Waals surface area contributed by atoms with Gasteiger partial charge in [-0.1, -0.05) is 20.3 Å². The van der Waals surface area contributed by atoms with Crippen molar-refractivity contribution in [2.75, 3.05) is 23.3 Å². The molecule has 1 amide bonds. The zero-order valence-electron chi connectivity index (χ0n) is 13.8. The number of anilines is 2. The van der Waals surface area contributed by atoms with Crippen molar-refractivity contribution >= 4 is 23.4 Å². The van der Waals surface area contributed by atoms with Crippen LogP contribution >= 0.6 is 0 Å². The molecule has 1 saturated heterocycles. The van der Waals surface area contributed by atoms with E-state index in [-0.39, 0.29) is 11.5 Å². The molecule has 0 spiro atoms. The van der Waals surface area contributed by atoms with Crippen LogP contribution in [0.5, 0.6) is 0 Å². The molecule has 6 nitrogen and oxygen atoms in total. The van der Waals surface area contributed by atoms with E-state index in [1.54, 1.807) is 6.20 Å².